The average Bonchev–Trinajstić information content (AvgIpc) is 2.38. The van der Waals surface area contributed by atoms with Crippen molar-refractivity contribution in [2.45, 2.75) is 13.0 Å². The maximum Gasteiger partial charge on any atom is 0.148 e. The van der Waals surface area contributed by atoms with E-state index < -0.39 is 5.82 Å². The first-order valence-electron chi connectivity index (χ1n) is 5.94. The Bertz CT molecular complexity index is 680. The summed E-state index contributed by atoms with van der Waals surface area (Å²) in [6, 6.07) is 11.3. The molecule has 0 amide bonds. The highest BCUT2D eigenvalue weighted by Gasteiger charge is 2.11. The van der Waals surface area contributed by atoms with Crippen LogP contribution in [0.15, 0.2) is 40.9 Å². The van der Waals surface area contributed by atoms with Crippen LogP contribution in [0, 0.1) is 17.1 Å². The van der Waals surface area contributed by atoms with Crippen LogP contribution in [0.3, 0.4) is 0 Å². The number of ether oxygens (including phenoxy) is 1. The van der Waals surface area contributed by atoms with E-state index in [9.17, 15) is 4.39 Å². The second kappa shape index (κ2) is 6.04. The van der Waals surface area contributed by atoms with Crippen molar-refractivity contribution in [1.82, 2.24) is 0 Å². The van der Waals surface area contributed by atoms with Crippen LogP contribution in [0.5, 0.6) is 11.5 Å². The summed E-state index contributed by atoms with van der Waals surface area (Å²) in [6.07, 6.45) is 0. The van der Waals surface area contributed by atoms with Crippen molar-refractivity contribution in [2.75, 3.05) is 0 Å². The predicted molar refractivity (Wildman–Crippen MR) is 77.9 cm³/mol. The Labute approximate surface area is 124 Å². The molecule has 0 heterocycles. The van der Waals surface area contributed by atoms with E-state index in [1.165, 1.54) is 12.1 Å². The molecule has 0 aliphatic carbocycles. The van der Waals surface area contributed by atoms with Crippen molar-refractivity contribution < 1.29 is 9.13 Å². The van der Waals surface area contributed by atoms with Gasteiger partial charge in [0.2, 0.25) is 0 Å². The molecule has 0 bridgehead atoms. The third-order valence-corrected chi connectivity index (χ3v) is 3.46. The van der Waals surface area contributed by atoms with Crippen LogP contribution in [-0.4, -0.2) is 0 Å². The molecule has 0 aliphatic rings. The lowest BCUT2D eigenvalue weighted by Crippen LogP contribution is -2.05. The standard InChI is InChI=1S/C15H12BrFN2O/c1-9(19)11-6-5-10(7-13(11)16)20-15-4-2-3-14(17)12(15)8-18/h2-7,9H,19H2,1H3/t9-/m0/s1. The molecule has 3 nitrogen and oxygen atoms in total. The third kappa shape index (κ3) is 2.98. The van der Waals surface area contributed by atoms with Crippen molar-refractivity contribution in [3.05, 3.63) is 57.8 Å². The first-order valence-corrected chi connectivity index (χ1v) is 6.73. The Morgan fingerprint density at radius 2 is 2.10 bits per heavy atom. The molecule has 2 aromatic rings. The fraction of sp³-hybridized carbons (Fsp3) is 0.133. The van der Waals surface area contributed by atoms with E-state index in [2.05, 4.69) is 15.9 Å². The average molecular weight is 335 g/mol. The Morgan fingerprint density at radius 1 is 1.35 bits per heavy atom. The van der Waals surface area contributed by atoms with Crippen molar-refractivity contribution in [2.24, 2.45) is 5.73 Å². The molecule has 5 heteroatoms. The van der Waals surface area contributed by atoms with Gasteiger partial charge in [0.05, 0.1) is 0 Å². The van der Waals surface area contributed by atoms with Gasteiger partial charge in [-0.3, -0.25) is 0 Å². The minimum atomic E-state index is -0.601. The molecule has 20 heavy (non-hydrogen) atoms. The van der Waals surface area contributed by atoms with Crippen LogP contribution < -0.4 is 10.5 Å². The second-order valence-corrected chi connectivity index (χ2v) is 5.15. The van der Waals surface area contributed by atoms with E-state index in [1.807, 2.05) is 13.0 Å². The largest absolute Gasteiger partial charge is 0.456 e. The lowest BCUT2D eigenvalue weighted by Gasteiger charge is -2.12. The molecule has 0 aliphatic heterocycles. The molecule has 2 rings (SSSR count). The van der Waals surface area contributed by atoms with Gasteiger partial charge in [-0.05, 0) is 36.8 Å². The van der Waals surface area contributed by atoms with E-state index in [-0.39, 0.29) is 17.4 Å². The van der Waals surface area contributed by atoms with Gasteiger partial charge in [-0.25, -0.2) is 4.39 Å². The highest BCUT2D eigenvalue weighted by molar-refractivity contribution is 9.10. The van der Waals surface area contributed by atoms with Crippen LogP contribution in [0.1, 0.15) is 24.1 Å². The quantitative estimate of drug-likeness (QED) is 0.911. The summed E-state index contributed by atoms with van der Waals surface area (Å²) in [7, 11) is 0. The van der Waals surface area contributed by atoms with Gasteiger partial charge in [0, 0.05) is 10.5 Å². The number of rotatable bonds is 3. The molecule has 0 aromatic heterocycles. The monoisotopic (exact) mass is 334 g/mol. The number of nitrogens with two attached hydrogens (primary N) is 1. The summed E-state index contributed by atoms with van der Waals surface area (Å²) in [5.74, 6) is 0.0904. The van der Waals surface area contributed by atoms with Crippen LogP contribution >= 0.6 is 15.9 Å². The second-order valence-electron chi connectivity index (χ2n) is 4.30. The molecule has 0 saturated heterocycles. The molecule has 1 atom stereocenters. The smallest absolute Gasteiger partial charge is 0.148 e. The SMILES string of the molecule is C[C@H](N)c1ccc(Oc2cccc(F)c2C#N)cc1Br. The number of nitriles is 1. The summed E-state index contributed by atoms with van der Waals surface area (Å²) in [6.45, 7) is 1.88. The zero-order chi connectivity index (χ0) is 14.7. The van der Waals surface area contributed by atoms with Gasteiger partial charge >= 0.3 is 0 Å². The maximum atomic E-state index is 13.5. The summed E-state index contributed by atoms with van der Waals surface area (Å²) >= 11 is 3.41. The van der Waals surface area contributed by atoms with Gasteiger partial charge in [0.25, 0.3) is 0 Å². The minimum Gasteiger partial charge on any atom is -0.456 e. The normalized spacial score (nSPS) is 11.8. The summed E-state index contributed by atoms with van der Waals surface area (Å²) in [4.78, 5) is 0. The number of hydrogen-bond donors (Lipinski definition) is 1. The van der Waals surface area contributed by atoms with Gasteiger partial charge in [0.15, 0.2) is 0 Å². The van der Waals surface area contributed by atoms with Gasteiger partial charge in [-0.2, -0.15) is 5.26 Å². The molecule has 0 unspecified atom stereocenters. The maximum absolute atomic E-state index is 13.5. The van der Waals surface area contributed by atoms with Crippen LogP contribution in [0.4, 0.5) is 4.39 Å². The Balaban J connectivity index is 2.34. The fourth-order valence-corrected chi connectivity index (χ4v) is 2.48. The van der Waals surface area contributed by atoms with Gasteiger partial charge in [0.1, 0.15) is 28.9 Å². The molecule has 0 radical (unpaired) electrons. The van der Waals surface area contributed by atoms with Crippen molar-refractivity contribution >= 4 is 15.9 Å². The molecule has 102 valence electrons. The summed E-state index contributed by atoms with van der Waals surface area (Å²) in [5.41, 5.74) is 6.65. The summed E-state index contributed by atoms with van der Waals surface area (Å²) in [5, 5.41) is 8.95. The zero-order valence-corrected chi connectivity index (χ0v) is 12.3. The van der Waals surface area contributed by atoms with E-state index in [0.29, 0.717) is 5.75 Å². The molecule has 2 aromatic carbocycles. The molecular weight excluding hydrogens is 323 g/mol. The zero-order valence-electron chi connectivity index (χ0n) is 10.7. The minimum absolute atomic E-state index is 0.109. The van der Waals surface area contributed by atoms with Gasteiger partial charge in [-0.15, -0.1) is 0 Å². The van der Waals surface area contributed by atoms with Crippen molar-refractivity contribution in [1.29, 1.82) is 5.26 Å². The Morgan fingerprint density at radius 3 is 2.70 bits per heavy atom. The number of benzene rings is 2. The third-order valence-electron chi connectivity index (χ3n) is 2.78. The van der Waals surface area contributed by atoms with Crippen LogP contribution in [0.2, 0.25) is 0 Å². The number of halogens is 2. The Hall–Kier alpha value is -1.90. The van der Waals surface area contributed by atoms with Crippen LogP contribution in [-0.2, 0) is 0 Å². The van der Waals surface area contributed by atoms with Gasteiger partial charge in [-0.1, -0.05) is 28.1 Å². The number of nitrogens with zero attached hydrogens (tertiary/aromatic N) is 1. The Kier molecular flexibility index (Phi) is 4.38. The number of hydrogen-bond acceptors (Lipinski definition) is 3. The van der Waals surface area contributed by atoms with Gasteiger partial charge < -0.3 is 10.5 Å². The van der Waals surface area contributed by atoms with E-state index in [1.54, 1.807) is 24.3 Å². The first-order chi connectivity index (χ1) is 9.52. The molecule has 2 N–H and O–H groups in total. The lowest BCUT2D eigenvalue weighted by molar-refractivity contribution is 0.473. The molecule has 0 saturated carbocycles. The van der Waals surface area contributed by atoms with Crippen molar-refractivity contribution in [3.63, 3.8) is 0 Å². The van der Waals surface area contributed by atoms with E-state index >= 15 is 0 Å². The van der Waals surface area contributed by atoms with Crippen LogP contribution in [0.25, 0.3) is 0 Å². The van der Waals surface area contributed by atoms with Crippen molar-refractivity contribution in [3.8, 4) is 17.6 Å². The first kappa shape index (κ1) is 14.5. The molecule has 0 spiro atoms. The molecular formula is C15H12BrFN2O. The van der Waals surface area contributed by atoms with E-state index in [4.69, 9.17) is 15.7 Å². The molecule has 0 fully saturated rings. The van der Waals surface area contributed by atoms with E-state index in [0.717, 1.165) is 10.0 Å². The summed E-state index contributed by atoms with van der Waals surface area (Å²) < 4.78 is 19.8. The topological polar surface area (TPSA) is 59.0 Å². The fourth-order valence-electron chi connectivity index (χ4n) is 1.77. The lowest BCUT2D eigenvalue weighted by atomic mass is 10.1. The highest BCUT2D eigenvalue weighted by atomic mass is 79.9. The predicted octanol–water partition coefficient (Wildman–Crippen LogP) is 4.27. The highest BCUT2D eigenvalue weighted by Crippen LogP contribution is 2.31.